The van der Waals surface area contributed by atoms with E-state index < -0.39 is 0 Å². The largest absolute Gasteiger partial charge is 0.289 e. The molecule has 0 spiro atoms. The smallest absolute Gasteiger partial charge is 0.0608 e. The number of hydrogen-bond donors (Lipinski definition) is 0. The van der Waals surface area contributed by atoms with Crippen LogP contribution in [0.25, 0.3) is 0 Å². The lowest BCUT2D eigenvalue weighted by atomic mass is 9.89. The van der Waals surface area contributed by atoms with Crippen LogP contribution >= 0.6 is 0 Å². The van der Waals surface area contributed by atoms with Gasteiger partial charge in [0.15, 0.2) is 0 Å². The maximum Gasteiger partial charge on any atom is 0.0608 e. The van der Waals surface area contributed by atoms with Crippen LogP contribution in [-0.2, 0) is 6.42 Å². The molecule has 3 aromatic heterocycles. The van der Waals surface area contributed by atoms with Gasteiger partial charge in [0.2, 0.25) is 0 Å². The monoisotopic (exact) mass is 386 g/mol. The van der Waals surface area contributed by atoms with Gasteiger partial charge in [-0.2, -0.15) is 0 Å². The Balaban J connectivity index is 1.63. The zero-order chi connectivity index (χ0) is 20.4. The second-order valence-corrected chi connectivity index (χ2v) is 8.28. The number of rotatable bonds is 4. The molecule has 0 unspecified atom stereocenters. The van der Waals surface area contributed by atoms with E-state index in [0.717, 1.165) is 30.7 Å². The van der Waals surface area contributed by atoms with E-state index >= 15 is 0 Å². The third-order valence-corrected chi connectivity index (χ3v) is 6.28. The fraction of sp³-hybridized carbons (Fsp3) is 0.400. The van der Waals surface area contributed by atoms with Crippen molar-refractivity contribution in [1.82, 2.24) is 19.9 Å². The molecule has 1 saturated heterocycles. The lowest BCUT2D eigenvalue weighted by Gasteiger charge is -2.40. The summed E-state index contributed by atoms with van der Waals surface area (Å²) in [5.41, 5.74) is 8.37. The zero-order valence-electron chi connectivity index (χ0n) is 17.9. The van der Waals surface area contributed by atoms with E-state index in [1.54, 1.807) is 0 Å². The van der Waals surface area contributed by atoms with Crippen molar-refractivity contribution in [2.24, 2.45) is 0 Å². The van der Waals surface area contributed by atoms with Crippen LogP contribution in [0, 0.1) is 20.8 Å². The number of likely N-dealkylation sites (tertiary alicyclic amines) is 1. The van der Waals surface area contributed by atoms with Gasteiger partial charge in [-0.1, -0.05) is 18.2 Å². The van der Waals surface area contributed by atoms with Crippen molar-refractivity contribution in [2.45, 2.75) is 58.5 Å². The molecule has 29 heavy (non-hydrogen) atoms. The highest BCUT2D eigenvalue weighted by Crippen LogP contribution is 2.40. The van der Waals surface area contributed by atoms with Crippen molar-refractivity contribution >= 4 is 0 Å². The predicted molar refractivity (Wildman–Crippen MR) is 117 cm³/mol. The fourth-order valence-electron chi connectivity index (χ4n) is 4.53. The van der Waals surface area contributed by atoms with Crippen molar-refractivity contribution in [3.8, 4) is 0 Å². The van der Waals surface area contributed by atoms with E-state index in [9.17, 15) is 0 Å². The molecule has 0 aliphatic carbocycles. The van der Waals surface area contributed by atoms with Gasteiger partial charge in [-0.05, 0) is 82.0 Å². The van der Waals surface area contributed by atoms with Gasteiger partial charge in [-0.15, -0.1) is 0 Å². The van der Waals surface area contributed by atoms with E-state index in [4.69, 9.17) is 9.97 Å². The summed E-state index contributed by atoms with van der Waals surface area (Å²) in [6.07, 6.45) is 8.04. The summed E-state index contributed by atoms with van der Waals surface area (Å²) in [5, 5.41) is 0. The van der Waals surface area contributed by atoms with Gasteiger partial charge in [-0.25, -0.2) is 0 Å². The van der Waals surface area contributed by atoms with Crippen LogP contribution in [0.15, 0.2) is 48.8 Å². The summed E-state index contributed by atoms with van der Waals surface area (Å²) in [4.78, 5) is 16.9. The second kappa shape index (κ2) is 8.42. The molecule has 0 radical (unpaired) electrons. The second-order valence-electron chi connectivity index (χ2n) is 8.28. The summed E-state index contributed by atoms with van der Waals surface area (Å²) in [5.74, 6) is 0. The number of hydrogen-bond acceptors (Lipinski definition) is 4. The van der Waals surface area contributed by atoms with E-state index in [1.165, 1.54) is 34.5 Å². The molecule has 1 aliphatic rings. The van der Waals surface area contributed by atoms with E-state index in [-0.39, 0.29) is 0 Å². The summed E-state index contributed by atoms with van der Waals surface area (Å²) in [7, 11) is 2.24. The van der Waals surface area contributed by atoms with Gasteiger partial charge in [0, 0.05) is 30.2 Å². The highest BCUT2D eigenvalue weighted by Gasteiger charge is 2.32. The Kier molecular flexibility index (Phi) is 5.72. The quantitative estimate of drug-likeness (QED) is 0.611. The van der Waals surface area contributed by atoms with Crippen molar-refractivity contribution in [2.75, 3.05) is 7.05 Å². The number of pyridine rings is 3. The molecule has 1 fully saturated rings. The maximum absolute atomic E-state index is 5.13. The molecule has 0 saturated carbocycles. The standard InChI is InChI=1S/C25H30N4/c1-17-8-6-14-26-21(17)16-20-13-12-19(3)25(28-20)23-11-5-10-22(29(23)4)24-18(2)9-7-15-27-24/h6-9,12-15,22-23H,5,10-11,16H2,1-4H3/t22-,23+/m0/s1. The molecular formula is C25H30N4. The Morgan fingerprint density at radius 2 is 1.48 bits per heavy atom. The van der Waals surface area contributed by atoms with Crippen molar-refractivity contribution in [3.05, 3.63) is 88.3 Å². The number of piperidine rings is 1. The van der Waals surface area contributed by atoms with Crippen LogP contribution in [-0.4, -0.2) is 26.9 Å². The molecule has 3 aromatic rings. The van der Waals surface area contributed by atoms with Gasteiger partial charge >= 0.3 is 0 Å². The maximum atomic E-state index is 5.13. The van der Waals surface area contributed by atoms with Gasteiger partial charge < -0.3 is 0 Å². The average Bonchev–Trinajstić information content (AvgIpc) is 2.72. The van der Waals surface area contributed by atoms with Gasteiger partial charge in [0.25, 0.3) is 0 Å². The van der Waals surface area contributed by atoms with Crippen molar-refractivity contribution in [3.63, 3.8) is 0 Å². The van der Waals surface area contributed by atoms with Crippen LogP contribution in [0.4, 0.5) is 0 Å². The zero-order valence-corrected chi connectivity index (χ0v) is 17.9. The van der Waals surface area contributed by atoms with E-state index in [2.05, 4.69) is 62.0 Å². The summed E-state index contributed by atoms with van der Waals surface area (Å²) < 4.78 is 0. The molecule has 4 nitrogen and oxygen atoms in total. The molecular weight excluding hydrogens is 356 g/mol. The van der Waals surface area contributed by atoms with Gasteiger partial charge in [0.1, 0.15) is 0 Å². The van der Waals surface area contributed by atoms with Crippen LogP contribution in [0.2, 0.25) is 0 Å². The molecule has 0 aromatic carbocycles. The first-order chi connectivity index (χ1) is 14.0. The van der Waals surface area contributed by atoms with E-state index in [0.29, 0.717) is 12.1 Å². The SMILES string of the molecule is Cc1cccnc1Cc1ccc(C)c([C@H]2CCC[C@@H](c3ncccc3C)N2C)n1. The van der Waals surface area contributed by atoms with Crippen LogP contribution in [0.5, 0.6) is 0 Å². The molecule has 0 bridgehead atoms. The average molecular weight is 387 g/mol. The first kappa shape index (κ1) is 19.7. The van der Waals surface area contributed by atoms with Gasteiger partial charge in [0.05, 0.1) is 23.5 Å². The lowest BCUT2D eigenvalue weighted by Crippen LogP contribution is -2.35. The van der Waals surface area contributed by atoms with E-state index in [1.807, 2.05) is 24.5 Å². The van der Waals surface area contributed by atoms with Crippen LogP contribution in [0.3, 0.4) is 0 Å². The molecule has 1 aliphatic heterocycles. The molecule has 2 atom stereocenters. The lowest BCUT2D eigenvalue weighted by molar-refractivity contribution is 0.108. The normalized spacial score (nSPS) is 20.0. The summed E-state index contributed by atoms with van der Waals surface area (Å²) in [6, 6.07) is 13.3. The minimum atomic E-state index is 0.319. The number of aryl methyl sites for hydroxylation is 3. The number of nitrogens with zero attached hydrogens (tertiary/aromatic N) is 4. The molecule has 0 amide bonds. The molecule has 4 heteroatoms. The summed E-state index contributed by atoms with van der Waals surface area (Å²) in [6.45, 7) is 6.47. The topological polar surface area (TPSA) is 41.9 Å². The fourth-order valence-corrected chi connectivity index (χ4v) is 4.53. The van der Waals surface area contributed by atoms with Gasteiger partial charge in [-0.3, -0.25) is 19.9 Å². The molecule has 4 heterocycles. The Morgan fingerprint density at radius 3 is 2.21 bits per heavy atom. The highest BCUT2D eigenvalue weighted by atomic mass is 15.2. The predicted octanol–water partition coefficient (Wildman–Crippen LogP) is 5.29. The Labute approximate surface area is 174 Å². The van der Waals surface area contributed by atoms with Crippen LogP contribution < -0.4 is 0 Å². The van der Waals surface area contributed by atoms with Crippen molar-refractivity contribution in [1.29, 1.82) is 0 Å². The minimum Gasteiger partial charge on any atom is -0.289 e. The summed E-state index contributed by atoms with van der Waals surface area (Å²) >= 11 is 0. The Hall–Kier alpha value is -2.59. The molecule has 0 N–H and O–H groups in total. The third kappa shape index (κ3) is 4.08. The molecule has 150 valence electrons. The number of aromatic nitrogens is 3. The third-order valence-electron chi connectivity index (χ3n) is 6.28. The van der Waals surface area contributed by atoms with Crippen molar-refractivity contribution < 1.29 is 0 Å². The highest BCUT2D eigenvalue weighted by molar-refractivity contribution is 5.30. The van der Waals surface area contributed by atoms with Crippen LogP contribution in [0.1, 0.15) is 70.8 Å². The Morgan fingerprint density at radius 1 is 0.828 bits per heavy atom. The Bertz CT molecular complexity index is 998. The first-order valence-corrected chi connectivity index (χ1v) is 10.5. The minimum absolute atomic E-state index is 0.319. The molecule has 4 rings (SSSR count). The first-order valence-electron chi connectivity index (χ1n) is 10.5.